The highest BCUT2D eigenvalue weighted by Gasteiger charge is 2.23. The molecule has 0 atom stereocenters. The highest BCUT2D eigenvalue weighted by Crippen LogP contribution is 2.28. The fraction of sp³-hybridized carbons (Fsp3) is 0.524. The van der Waals surface area contributed by atoms with E-state index in [4.69, 9.17) is 5.10 Å². The molecule has 1 aromatic heterocycles. The Hall–Kier alpha value is -2.30. The number of hydrogen-bond acceptors (Lipinski definition) is 3. The lowest BCUT2D eigenvalue weighted by Gasteiger charge is -2.26. The molecule has 5 nitrogen and oxygen atoms in total. The van der Waals surface area contributed by atoms with E-state index < -0.39 is 0 Å². The zero-order valence-corrected chi connectivity index (χ0v) is 17.0. The molecule has 0 spiro atoms. The number of para-hydroxylation sites is 1. The summed E-state index contributed by atoms with van der Waals surface area (Å²) < 4.78 is 2.00. The van der Waals surface area contributed by atoms with Crippen molar-refractivity contribution in [3.63, 3.8) is 0 Å². The van der Waals surface area contributed by atoms with E-state index in [0.29, 0.717) is 18.9 Å². The van der Waals surface area contributed by atoms with Gasteiger partial charge in [-0.15, -0.1) is 0 Å². The number of aryl methyl sites for hydroxylation is 1. The second kappa shape index (κ2) is 8.88. The van der Waals surface area contributed by atoms with Crippen LogP contribution >= 0.6 is 0 Å². The second-order valence-corrected chi connectivity index (χ2v) is 7.27. The third kappa shape index (κ3) is 4.45. The van der Waals surface area contributed by atoms with Crippen LogP contribution in [-0.2, 0) is 17.8 Å². The molecule has 5 heteroatoms. The monoisotopic (exact) mass is 356 g/mol. The molecule has 26 heavy (non-hydrogen) atoms. The van der Waals surface area contributed by atoms with Crippen LogP contribution in [-0.4, -0.2) is 41.2 Å². The summed E-state index contributed by atoms with van der Waals surface area (Å²) in [7, 11) is 4.07. The van der Waals surface area contributed by atoms with Crippen molar-refractivity contribution in [2.24, 2.45) is 5.92 Å². The first-order chi connectivity index (χ1) is 12.4. The number of benzene rings is 1. The maximum Gasteiger partial charge on any atom is 0.222 e. The molecule has 1 aromatic carbocycles. The lowest BCUT2D eigenvalue weighted by Crippen LogP contribution is -2.34. The van der Waals surface area contributed by atoms with Gasteiger partial charge in [0.15, 0.2) is 0 Å². The van der Waals surface area contributed by atoms with Gasteiger partial charge in [-0.05, 0) is 24.5 Å². The molecule has 0 aliphatic heterocycles. The van der Waals surface area contributed by atoms with Crippen LogP contribution < -0.4 is 4.90 Å². The third-order valence-electron chi connectivity index (χ3n) is 4.39. The van der Waals surface area contributed by atoms with Gasteiger partial charge in [-0.2, -0.15) is 5.10 Å². The molecule has 1 heterocycles. The van der Waals surface area contributed by atoms with Crippen molar-refractivity contribution in [2.45, 2.75) is 47.1 Å². The van der Waals surface area contributed by atoms with Crippen LogP contribution in [0.1, 0.15) is 45.4 Å². The molecule has 142 valence electrons. The Morgan fingerprint density at radius 1 is 1.15 bits per heavy atom. The fourth-order valence-electron chi connectivity index (χ4n) is 3.25. The maximum absolute atomic E-state index is 12.5. The van der Waals surface area contributed by atoms with E-state index in [9.17, 15) is 4.79 Å². The molecule has 0 aliphatic carbocycles. The summed E-state index contributed by atoms with van der Waals surface area (Å²) in [5.74, 6) is 1.67. The SMILES string of the molecule is CCC(=O)N(Cc1c(CC)nn(-c2ccccc2)c1N(C)C)CC(C)C. The van der Waals surface area contributed by atoms with Gasteiger partial charge in [0.25, 0.3) is 0 Å². The average molecular weight is 357 g/mol. The van der Waals surface area contributed by atoms with Crippen molar-refractivity contribution in [3.8, 4) is 5.69 Å². The normalized spacial score (nSPS) is 11.0. The van der Waals surface area contributed by atoms with Crippen molar-refractivity contribution in [1.29, 1.82) is 0 Å². The first kappa shape index (κ1) is 20.0. The average Bonchev–Trinajstić information content (AvgIpc) is 2.99. The Morgan fingerprint density at radius 2 is 1.81 bits per heavy atom. The van der Waals surface area contributed by atoms with E-state index in [1.165, 1.54) is 0 Å². The number of rotatable bonds is 8. The van der Waals surface area contributed by atoms with Crippen molar-refractivity contribution >= 4 is 11.7 Å². The molecule has 0 N–H and O–H groups in total. The predicted octanol–water partition coefficient (Wildman–Crippen LogP) is 3.90. The first-order valence-corrected chi connectivity index (χ1v) is 9.50. The Kier molecular flexibility index (Phi) is 6.83. The molecule has 0 unspecified atom stereocenters. The van der Waals surface area contributed by atoms with Gasteiger partial charge in [0.1, 0.15) is 5.82 Å². The van der Waals surface area contributed by atoms with Crippen LogP contribution in [0.3, 0.4) is 0 Å². The number of nitrogens with zero attached hydrogens (tertiary/aromatic N) is 4. The maximum atomic E-state index is 12.5. The van der Waals surface area contributed by atoms with E-state index in [1.807, 2.05) is 48.8 Å². The topological polar surface area (TPSA) is 41.4 Å². The molecule has 2 rings (SSSR count). The Labute approximate surface area is 157 Å². The number of carbonyl (C=O) groups is 1. The van der Waals surface area contributed by atoms with E-state index in [-0.39, 0.29) is 5.91 Å². The van der Waals surface area contributed by atoms with Gasteiger partial charge in [-0.25, -0.2) is 4.68 Å². The van der Waals surface area contributed by atoms with E-state index in [1.54, 1.807) is 0 Å². The zero-order chi connectivity index (χ0) is 19.3. The van der Waals surface area contributed by atoms with E-state index >= 15 is 0 Å². The van der Waals surface area contributed by atoms with Crippen LogP contribution in [0, 0.1) is 5.92 Å². The van der Waals surface area contributed by atoms with Gasteiger partial charge in [0, 0.05) is 32.6 Å². The Morgan fingerprint density at radius 3 is 2.31 bits per heavy atom. The number of amides is 1. The molecule has 0 radical (unpaired) electrons. The summed E-state index contributed by atoms with van der Waals surface area (Å²) in [5, 5.41) is 4.87. The van der Waals surface area contributed by atoms with Gasteiger partial charge in [-0.1, -0.05) is 45.9 Å². The fourth-order valence-corrected chi connectivity index (χ4v) is 3.25. The lowest BCUT2D eigenvalue weighted by molar-refractivity contribution is -0.132. The Bertz CT molecular complexity index is 719. The van der Waals surface area contributed by atoms with Crippen LogP contribution in [0.5, 0.6) is 0 Å². The molecule has 0 bridgehead atoms. The van der Waals surface area contributed by atoms with Gasteiger partial charge in [0.2, 0.25) is 5.91 Å². The minimum absolute atomic E-state index is 0.193. The number of anilines is 1. The second-order valence-electron chi connectivity index (χ2n) is 7.27. The van der Waals surface area contributed by atoms with Gasteiger partial charge in [-0.3, -0.25) is 4.79 Å². The van der Waals surface area contributed by atoms with Gasteiger partial charge < -0.3 is 9.80 Å². The summed E-state index contributed by atoms with van der Waals surface area (Å²) >= 11 is 0. The summed E-state index contributed by atoms with van der Waals surface area (Å²) in [6.45, 7) is 9.72. The minimum Gasteiger partial charge on any atom is -0.362 e. The van der Waals surface area contributed by atoms with Crippen LogP contribution in [0.2, 0.25) is 0 Å². The highest BCUT2D eigenvalue weighted by atomic mass is 16.2. The number of carbonyl (C=O) groups excluding carboxylic acids is 1. The van der Waals surface area contributed by atoms with Crippen molar-refractivity contribution in [1.82, 2.24) is 14.7 Å². The van der Waals surface area contributed by atoms with Crippen LogP contribution in [0.25, 0.3) is 5.69 Å². The third-order valence-corrected chi connectivity index (χ3v) is 4.39. The summed E-state index contributed by atoms with van der Waals surface area (Å²) in [5.41, 5.74) is 3.23. The quantitative estimate of drug-likeness (QED) is 0.720. The van der Waals surface area contributed by atoms with E-state index in [2.05, 4.69) is 37.8 Å². The van der Waals surface area contributed by atoms with Gasteiger partial charge >= 0.3 is 0 Å². The summed E-state index contributed by atoms with van der Waals surface area (Å²) in [6, 6.07) is 10.2. The number of aromatic nitrogens is 2. The van der Waals surface area contributed by atoms with Crippen molar-refractivity contribution < 1.29 is 4.79 Å². The molecular weight excluding hydrogens is 324 g/mol. The zero-order valence-electron chi connectivity index (χ0n) is 17.0. The number of hydrogen-bond donors (Lipinski definition) is 0. The first-order valence-electron chi connectivity index (χ1n) is 9.50. The summed E-state index contributed by atoms with van der Waals surface area (Å²) in [4.78, 5) is 16.6. The van der Waals surface area contributed by atoms with Crippen LogP contribution in [0.4, 0.5) is 5.82 Å². The van der Waals surface area contributed by atoms with Gasteiger partial charge in [0.05, 0.1) is 17.9 Å². The van der Waals surface area contributed by atoms with Crippen LogP contribution in [0.15, 0.2) is 30.3 Å². The highest BCUT2D eigenvalue weighted by molar-refractivity contribution is 5.76. The molecule has 2 aromatic rings. The van der Waals surface area contributed by atoms with E-state index in [0.717, 1.165) is 35.7 Å². The van der Waals surface area contributed by atoms with Crippen molar-refractivity contribution in [2.75, 3.05) is 25.5 Å². The molecule has 0 aliphatic rings. The molecule has 0 fully saturated rings. The molecule has 0 saturated heterocycles. The molecular formula is C21H32N4O. The lowest BCUT2D eigenvalue weighted by atomic mass is 10.1. The standard InChI is InChI=1S/C21H32N4O/c1-7-19-18(15-24(14-16(3)4)20(26)8-2)21(23(5)6)25(22-19)17-12-10-9-11-13-17/h9-13,16H,7-8,14-15H2,1-6H3. The summed E-state index contributed by atoms with van der Waals surface area (Å²) in [6.07, 6.45) is 1.37. The molecule has 0 saturated carbocycles. The van der Waals surface area contributed by atoms with Crippen molar-refractivity contribution in [3.05, 3.63) is 41.6 Å². The minimum atomic E-state index is 0.193. The smallest absolute Gasteiger partial charge is 0.222 e. The largest absolute Gasteiger partial charge is 0.362 e. The predicted molar refractivity (Wildman–Crippen MR) is 108 cm³/mol. The molecule has 1 amide bonds. The Balaban J connectivity index is 2.52.